The monoisotopic (exact) mass is 344 g/mol. The third kappa shape index (κ3) is 2.61. The van der Waals surface area contributed by atoms with Gasteiger partial charge in [0.1, 0.15) is 6.17 Å². The van der Waals surface area contributed by atoms with Crippen molar-refractivity contribution in [3.05, 3.63) is 60.3 Å². The van der Waals surface area contributed by atoms with Gasteiger partial charge in [-0.1, -0.05) is 30.3 Å². The average Bonchev–Trinajstić information content (AvgIpc) is 2.82. The van der Waals surface area contributed by atoms with Crippen LogP contribution in [0.1, 0.15) is 5.56 Å². The lowest BCUT2D eigenvalue weighted by Gasteiger charge is -2.37. The predicted molar refractivity (Wildman–Crippen MR) is 103 cm³/mol. The number of anilines is 1. The Morgan fingerprint density at radius 1 is 1.08 bits per heavy atom. The van der Waals surface area contributed by atoms with E-state index >= 15 is 0 Å². The summed E-state index contributed by atoms with van der Waals surface area (Å²) in [6, 6.07) is 16.7. The zero-order valence-electron chi connectivity index (χ0n) is 14.4. The molecule has 130 valence electrons. The Balaban J connectivity index is 1.61. The third-order valence-electron chi connectivity index (χ3n) is 5.24. The summed E-state index contributed by atoms with van der Waals surface area (Å²) in [5.74, 6) is 0.0857. The lowest BCUT2D eigenvalue weighted by molar-refractivity contribution is -0.121. The minimum absolute atomic E-state index is 0.0162. The molecule has 0 aliphatic carbocycles. The highest BCUT2D eigenvalue weighted by atomic mass is 16.1. The summed E-state index contributed by atoms with van der Waals surface area (Å²) in [4.78, 5) is 19.1. The lowest BCUT2D eigenvalue weighted by Crippen LogP contribution is -2.58. The first-order valence-electron chi connectivity index (χ1n) is 9.03. The highest BCUT2D eigenvalue weighted by Gasteiger charge is 2.29. The molecular weight excluding hydrogens is 324 g/mol. The Kier molecular flexibility index (Phi) is 3.60. The maximum atomic E-state index is 12.2. The van der Waals surface area contributed by atoms with Gasteiger partial charge >= 0.3 is 0 Å². The molecule has 3 heterocycles. The molecule has 0 spiro atoms. The number of hydrogen-bond acceptors (Lipinski definition) is 4. The second kappa shape index (κ2) is 6.11. The van der Waals surface area contributed by atoms with Gasteiger partial charge in [0.05, 0.1) is 11.9 Å². The Labute approximate surface area is 152 Å². The first-order valence-corrected chi connectivity index (χ1v) is 9.03. The molecule has 5 nitrogen and oxygen atoms in total. The summed E-state index contributed by atoms with van der Waals surface area (Å²) in [6.07, 6.45) is 2.38. The van der Waals surface area contributed by atoms with E-state index in [0.717, 1.165) is 52.9 Å². The summed E-state index contributed by atoms with van der Waals surface area (Å²) in [5, 5.41) is 7.62. The molecule has 2 aromatic carbocycles. The van der Waals surface area contributed by atoms with Crippen molar-refractivity contribution in [1.82, 2.24) is 15.6 Å². The number of fused-ring (bicyclic) bond motifs is 4. The second-order valence-corrected chi connectivity index (χ2v) is 6.92. The van der Waals surface area contributed by atoms with E-state index in [1.54, 1.807) is 0 Å². The number of nitrogens with zero attached hydrogens (tertiary/aromatic N) is 2. The average molecular weight is 344 g/mol. The van der Waals surface area contributed by atoms with Crippen LogP contribution in [0.3, 0.4) is 0 Å². The van der Waals surface area contributed by atoms with Crippen LogP contribution >= 0.6 is 0 Å². The van der Waals surface area contributed by atoms with Crippen LogP contribution in [0, 0.1) is 0 Å². The highest BCUT2D eigenvalue weighted by molar-refractivity contribution is 5.86. The largest absolute Gasteiger partial charge is 0.349 e. The number of carbonyl (C=O) groups is 1. The lowest BCUT2D eigenvalue weighted by atomic mass is 10.00. The summed E-state index contributed by atoms with van der Waals surface area (Å²) in [5.41, 5.74) is 5.48. The van der Waals surface area contributed by atoms with Crippen molar-refractivity contribution in [1.29, 1.82) is 0 Å². The molecule has 0 saturated carbocycles. The second-order valence-electron chi connectivity index (χ2n) is 6.92. The topological polar surface area (TPSA) is 57.3 Å². The van der Waals surface area contributed by atoms with Crippen molar-refractivity contribution in [2.75, 3.05) is 24.5 Å². The van der Waals surface area contributed by atoms with Gasteiger partial charge in [0.2, 0.25) is 5.91 Å². The quantitative estimate of drug-likeness (QED) is 0.711. The van der Waals surface area contributed by atoms with Crippen molar-refractivity contribution in [3.63, 3.8) is 0 Å². The zero-order valence-corrected chi connectivity index (χ0v) is 14.4. The Morgan fingerprint density at radius 2 is 2.00 bits per heavy atom. The van der Waals surface area contributed by atoms with Crippen molar-refractivity contribution >= 4 is 22.5 Å². The molecule has 2 aliphatic rings. The van der Waals surface area contributed by atoms with Gasteiger partial charge in [-0.3, -0.25) is 9.78 Å². The fraction of sp³-hybridized carbons (Fsp3) is 0.238. The van der Waals surface area contributed by atoms with Crippen LogP contribution in [0.4, 0.5) is 5.69 Å². The first-order chi connectivity index (χ1) is 12.8. The zero-order chi connectivity index (χ0) is 17.5. The summed E-state index contributed by atoms with van der Waals surface area (Å²) in [6.45, 7) is 2.58. The van der Waals surface area contributed by atoms with Gasteiger partial charge in [0, 0.05) is 42.5 Å². The molecule has 5 heteroatoms. The molecule has 26 heavy (non-hydrogen) atoms. The number of carbonyl (C=O) groups excluding carboxylic acids is 1. The number of amides is 1. The Hall–Kier alpha value is -2.92. The molecule has 0 radical (unpaired) electrons. The smallest absolute Gasteiger partial charge is 0.226 e. The van der Waals surface area contributed by atoms with Crippen molar-refractivity contribution in [2.45, 2.75) is 12.6 Å². The molecule has 2 N–H and O–H groups in total. The predicted octanol–water partition coefficient (Wildman–Crippen LogP) is 2.31. The Bertz CT molecular complexity index is 1000. The van der Waals surface area contributed by atoms with Crippen LogP contribution < -0.4 is 15.5 Å². The van der Waals surface area contributed by atoms with Crippen molar-refractivity contribution < 1.29 is 4.79 Å². The van der Waals surface area contributed by atoms with E-state index in [-0.39, 0.29) is 12.1 Å². The summed E-state index contributed by atoms with van der Waals surface area (Å²) in [7, 11) is 0. The van der Waals surface area contributed by atoms with E-state index in [2.05, 4.69) is 50.8 Å². The van der Waals surface area contributed by atoms with Crippen molar-refractivity contribution in [3.8, 4) is 11.1 Å². The van der Waals surface area contributed by atoms with Crippen LogP contribution in [0.5, 0.6) is 0 Å². The SMILES string of the molecule is O=C1Cc2ccc(-c3cnc4ccccc4c3)cc2N2CCNCC2N1. The molecule has 0 bridgehead atoms. The Morgan fingerprint density at radius 3 is 2.96 bits per heavy atom. The minimum atomic E-state index is 0.0162. The normalized spacial score (nSPS) is 19.5. The van der Waals surface area contributed by atoms with E-state index in [4.69, 9.17) is 0 Å². The van der Waals surface area contributed by atoms with Gasteiger partial charge in [0.15, 0.2) is 0 Å². The number of benzene rings is 2. The molecule has 5 rings (SSSR count). The molecule has 1 saturated heterocycles. The molecule has 1 fully saturated rings. The summed E-state index contributed by atoms with van der Waals surface area (Å²) >= 11 is 0. The number of pyridine rings is 1. The molecule has 1 atom stereocenters. The highest BCUT2D eigenvalue weighted by Crippen LogP contribution is 2.32. The number of rotatable bonds is 1. The van der Waals surface area contributed by atoms with Gasteiger partial charge in [0.25, 0.3) is 0 Å². The van der Waals surface area contributed by atoms with Gasteiger partial charge in [-0.2, -0.15) is 0 Å². The number of piperazine rings is 1. The van der Waals surface area contributed by atoms with E-state index in [1.807, 2.05) is 24.4 Å². The number of hydrogen-bond donors (Lipinski definition) is 2. The van der Waals surface area contributed by atoms with Gasteiger partial charge in [-0.25, -0.2) is 0 Å². The van der Waals surface area contributed by atoms with Crippen LogP contribution in [0.25, 0.3) is 22.0 Å². The van der Waals surface area contributed by atoms with E-state index in [0.29, 0.717) is 6.42 Å². The number of para-hydroxylation sites is 1. The molecule has 3 aromatic rings. The maximum absolute atomic E-state index is 12.2. The fourth-order valence-corrected chi connectivity index (χ4v) is 3.92. The number of nitrogens with one attached hydrogen (secondary N) is 2. The molecule has 1 amide bonds. The van der Waals surface area contributed by atoms with Gasteiger partial charge in [-0.05, 0) is 29.3 Å². The van der Waals surface area contributed by atoms with Crippen LogP contribution in [-0.4, -0.2) is 36.7 Å². The third-order valence-corrected chi connectivity index (χ3v) is 5.24. The maximum Gasteiger partial charge on any atom is 0.226 e. The first kappa shape index (κ1) is 15.3. The molecule has 2 aliphatic heterocycles. The van der Waals surface area contributed by atoms with E-state index < -0.39 is 0 Å². The van der Waals surface area contributed by atoms with Crippen LogP contribution in [0.15, 0.2) is 54.7 Å². The van der Waals surface area contributed by atoms with Gasteiger partial charge in [-0.15, -0.1) is 0 Å². The van der Waals surface area contributed by atoms with Crippen molar-refractivity contribution in [2.24, 2.45) is 0 Å². The molecular formula is C21H20N4O. The molecule has 1 unspecified atom stereocenters. The minimum Gasteiger partial charge on any atom is -0.349 e. The fourth-order valence-electron chi connectivity index (χ4n) is 3.92. The molecule has 1 aromatic heterocycles. The van der Waals surface area contributed by atoms with Crippen LogP contribution in [-0.2, 0) is 11.2 Å². The van der Waals surface area contributed by atoms with Crippen LogP contribution in [0.2, 0.25) is 0 Å². The summed E-state index contributed by atoms with van der Waals surface area (Å²) < 4.78 is 0. The van der Waals surface area contributed by atoms with E-state index in [1.165, 1.54) is 0 Å². The standard InChI is InChI=1S/C21H20N4O/c26-21-11-16-6-5-14(10-19(16)25-8-7-22-13-20(25)24-21)17-9-15-3-1-2-4-18(15)23-12-17/h1-6,9-10,12,20,22H,7-8,11,13H2,(H,24,26). The van der Waals surface area contributed by atoms with Gasteiger partial charge < -0.3 is 15.5 Å². The van der Waals surface area contributed by atoms with E-state index in [9.17, 15) is 4.79 Å². The number of aromatic nitrogens is 1.